The number of aryl methyl sites for hydroxylation is 2. The van der Waals surface area contributed by atoms with Crippen LogP contribution in [0, 0.1) is 6.92 Å². The van der Waals surface area contributed by atoms with Crippen molar-refractivity contribution in [2.45, 2.75) is 57.7 Å². The lowest BCUT2D eigenvalue weighted by Gasteiger charge is -2.35. The van der Waals surface area contributed by atoms with Gasteiger partial charge in [0.15, 0.2) is 0 Å². The molecule has 2 atom stereocenters. The second kappa shape index (κ2) is 7.93. The van der Waals surface area contributed by atoms with Gasteiger partial charge in [-0.2, -0.15) is 5.10 Å². The first-order chi connectivity index (χ1) is 15.0. The number of fused-ring (bicyclic) bond motifs is 1. The molecule has 2 aliphatic rings. The second-order valence-corrected chi connectivity index (χ2v) is 8.89. The summed E-state index contributed by atoms with van der Waals surface area (Å²) in [6.45, 7) is 2.71. The number of nitrogens with zero attached hydrogens (tertiary/aromatic N) is 4. The SMILES string of the molecule is Cc1cc2c(cc1Cc1ccc(-c3ccn(C)n3)nc1)C(=O)N([C@@H]1CCCC[C@H]1O)C2. The molecular formula is C25H28N4O2. The number of amides is 1. The molecule has 1 aliphatic heterocycles. The molecular weight excluding hydrogens is 388 g/mol. The van der Waals surface area contributed by atoms with Crippen LogP contribution < -0.4 is 0 Å². The van der Waals surface area contributed by atoms with Crippen LogP contribution in [0.15, 0.2) is 42.7 Å². The molecule has 6 heteroatoms. The molecule has 1 fully saturated rings. The maximum Gasteiger partial charge on any atom is 0.254 e. The molecule has 0 radical (unpaired) electrons. The normalized spacial score (nSPS) is 20.9. The van der Waals surface area contributed by atoms with Gasteiger partial charge in [0.25, 0.3) is 5.91 Å². The molecule has 0 unspecified atom stereocenters. The minimum atomic E-state index is -0.406. The van der Waals surface area contributed by atoms with Gasteiger partial charge in [0.1, 0.15) is 5.69 Å². The lowest BCUT2D eigenvalue weighted by molar-refractivity contribution is 0.0191. The van der Waals surface area contributed by atoms with Crippen LogP contribution in [0.4, 0.5) is 0 Å². The summed E-state index contributed by atoms with van der Waals surface area (Å²) in [6, 6.07) is 10.2. The standard InChI is InChI=1S/C25H28N4O2/c1-16-11-19-15-29(23-5-3-4-6-24(23)30)25(31)20(19)13-18(16)12-17-7-8-21(26-14-17)22-9-10-28(2)27-22/h7-11,13-14,23-24,30H,3-6,12,15H2,1-2H3/t23-,24-/m1/s1. The highest BCUT2D eigenvalue weighted by Gasteiger charge is 2.37. The topological polar surface area (TPSA) is 71.2 Å². The number of rotatable bonds is 4. The molecule has 31 heavy (non-hydrogen) atoms. The van der Waals surface area contributed by atoms with Gasteiger partial charge in [-0.25, -0.2) is 0 Å². The van der Waals surface area contributed by atoms with E-state index >= 15 is 0 Å². The summed E-state index contributed by atoms with van der Waals surface area (Å²) in [4.78, 5) is 19.6. The number of hydrogen-bond donors (Lipinski definition) is 1. The van der Waals surface area contributed by atoms with E-state index in [1.807, 2.05) is 36.5 Å². The fourth-order valence-electron chi connectivity index (χ4n) is 4.92. The van der Waals surface area contributed by atoms with Crippen molar-refractivity contribution in [3.8, 4) is 11.4 Å². The number of carbonyl (C=O) groups is 1. The number of carbonyl (C=O) groups excluding carboxylic acids is 1. The zero-order valence-corrected chi connectivity index (χ0v) is 18.1. The molecule has 1 amide bonds. The Hall–Kier alpha value is -2.99. The molecule has 2 aromatic heterocycles. The Bertz CT molecular complexity index is 1120. The first-order valence-corrected chi connectivity index (χ1v) is 11.1. The number of aliphatic hydroxyl groups excluding tert-OH is 1. The van der Waals surface area contributed by atoms with Crippen LogP contribution in [0.25, 0.3) is 11.4 Å². The van der Waals surface area contributed by atoms with Gasteiger partial charge in [-0.05, 0) is 66.6 Å². The monoisotopic (exact) mass is 416 g/mol. The zero-order chi connectivity index (χ0) is 21.5. The molecule has 0 spiro atoms. The fourth-order valence-corrected chi connectivity index (χ4v) is 4.92. The van der Waals surface area contributed by atoms with E-state index in [1.165, 1.54) is 5.56 Å². The van der Waals surface area contributed by atoms with Gasteiger partial charge in [0, 0.05) is 31.5 Å². The molecule has 1 N–H and O–H groups in total. The van der Waals surface area contributed by atoms with Crippen molar-refractivity contribution in [2.75, 3.05) is 0 Å². The summed E-state index contributed by atoms with van der Waals surface area (Å²) in [6.07, 6.45) is 7.92. The minimum Gasteiger partial charge on any atom is -0.391 e. The van der Waals surface area contributed by atoms with Crippen molar-refractivity contribution >= 4 is 5.91 Å². The molecule has 6 nitrogen and oxygen atoms in total. The lowest BCUT2D eigenvalue weighted by atomic mass is 9.91. The molecule has 0 bridgehead atoms. The third-order valence-electron chi connectivity index (χ3n) is 6.68. The molecule has 1 aliphatic carbocycles. The van der Waals surface area contributed by atoms with E-state index in [-0.39, 0.29) is 11.9 Å². The van der Waals surface area contributed by atoms with Crippen LogP contribution >= 0.6 is 0 Å². The van der Waals surface area contributed by atoms with E-state index < -0.39 is 6.10 Å². The third-order valence-corrected chi connectivity index (χ3v) is 6.68. The van der Waals surface area contributed by atoms with E-state index in [1.54, 1.807) is 4.68 Å². The van der Waals surface area contributed by atoms with Crippen molar-refractivity contribution in [2.24, 2.45) is 7.05 Å². The first kappa shape index (κ1) is 19.9. The van der Waals surface area contributed by atoms with Gasteiger partial charge in [0.05, 0.1) is 17.8 Å². The molecule has 1 aromatic carbocycles. The quantitative estimate of drug-likeness (QED) is 0.705. The predicted molar refractivity (Wildman–Crippen MR) is 119 cm³/mol. The summed E-state index contributed by atoms with van der Waals surface area (Å²) in [5, 5.41) is 14.8. The van der Waals surface area contributed by atoms with E-state index in [0.29, 0.717) is 6.54 Å². The van der Waals surface area contributed by atoms with Crippen LogP contribution in [-0.2, 0) is 20.0 Å². The largest absolute Gasteiger partial charge is 0.391 e. The van der Waals surface area contributed by atoms with Gasteiger partial charge in [0.2, 0.25) is 0 Å². The van der Waals surface area contributed by atoms with E-state index in [4.69, 9.17) is 0 Å². The maximum atomic E-state index is 13.2. The van der Waals surface area contributed by atoms with Gasteiger partial charge in [-0.3, -0.25) is 14.5 Å². The van der Waals surface area contributed by atoms with Gasteiger partial charge in [-0.1, -0.05) is 25.0 Å². The van der Waals surface area contributed by atoms with Gasteiger partial charge < -0.3 is 10.0 Å². The molecule has 0 saturated heterocycles. The van der Waals surface area contributed by atoms with E-state index in [2.05, 4.69) is 35.2 Å². The van der Waals surface area contributed by atoms with Gasteiger partial charge in [-0.15, -0.1) is 0 Å². The number of pyridine rings is 1. The highest BCUT2D eigenvalue weighted by Crippen LogP contribution is 2.33. The van der Waals surface area contributed by atoms with Crippen molar-refractivity contribution in [1.29, 1.82) is 0 Å². The van der Waals surface area contributed by atoms with Crippen molar-refractivity contribution in [3.63, 3.8) is 0 Å². The Morgan fingerprint density at radius 2 is 1.97 bits per heavy atom. The summed E-state index contributed by atoms with van der Waals surface area (Å²) in [5.74, 6) is 0.0609. The van der Waals surface area contributed by atoms with Gasteiger partial charge >= 0.3 is 0 Å². The third kappa shape index (κ3) is 3.76. The highest BCUT2D eigenvalue weighted by molar-refractivity contribution is 5.99. The number of aliphatic hydroxyl groups is 1. The van der Waals surface area contributed by atoms with Crippen molar-refractivity contribution in [3.05, 3.63) is 70.5 Å². The number of hydrogen-bond acceptors (Lipinski definition) is 4. The Balaban J connectivity index is 1.36. The average molecular weight is 417 g/mol. The molecule has 5 rings (SSSR count). The lowest BCUT2D eigenvalue weighted by Crippen LogP contribution is -2.45. The van der Waals surface area contributed by atoms with Crippen LogP contribution in [0.1, 0.15) is 58.3 Å². The average Bonchev–Trinajstić information content (AvgIpc) is 3.33. The van der Waals surface area contributed by atoms with E-state index in [0.717, 1.165) is 65.7 Å². The first-order valence-electron chi connectivity index (χ1n) is 11.1. The van der Waals surface area contributed by atoms with Crippen LogP contribution in [0.2, 0.25) is 0 Å². The molecule has 160 valence electrons. The summed E-state index contributed by atoms with van der Waals surface area (Å²) >= 11 is 0. The molecule has 3 aromatic rings. The van der Waals surface area contributed by atoms with Crippen molar-refractivity contribution < 1.29 is 9.90 Å². The smallest absolute Gasteiger partial charge is 0.254 e. The summed E-state index contributed by atoms with van der Waals surface area (Å²) in [5.41, 5.74) is 7.01. The summed E-state index contributed by atoms with van der Waals surface area (Å²) < 4.78 is 1.77. The molecule has 3 heterocycles. The second-order valence-electron chi connectivity index (χ2n) is 8.89. The Morgan fingerprint density at radius 3 is 2.68 bits per heavy atom. The van der Waals surface area contributed by atoms with Crippen LogP contribution in [-0.4, -0.2) is 42.8 Å². The van der Waals surface area contributed by atoms with E-state index in [9.17, 15) is 9.90 Å². The highest BCUT2D eigenvalue weighted by atomic mass is 16.3. The summed E-state index contributed by atoms with van der Waals surface area (Å²) in [7, 11) is 1.89. The molecule has 1 saturated carbocycles. The fraction of sp³-hybridized carbons (Fsp3) is 0.400. The number of benzene rings is 1. The Labute approximate surface area is 182 Å². The van der Waals surface area contributed by atoms with Crippen LogP contribution in [0.3, 0.4) is 0 Å². The van der Waals surface area contributed by atoms with Crippen molar-refractivity contribution in [1.82, 2.24) is 19.7 Å². The number of aromatic nitrogens is 3. The predicted octanol–water partition coefficient (Wildman–Crippen LogP) is 3.64. The zero-order valence-electron chi connectivity index (χ0n) is 18.1. The Morgan fingerprint density at radius 1 is 1.13 bits per heavy atom. The van der Waals surface area contributed by atoms with Crippen LogP contribution in [0.5, 0.6) is 0 Å². The maximum absolute atomic E-state index is 13.2. The Kier molecular flexibility index (Phi) is 5.10. The minimum absolute atomic E-state index is 0.0549.